The minimum atomic E-state index is -4.63. The molecule has 3 heterocycles. The molecular weight excluding hydrogens is 505 g/mol. The lowest BCUT2D eigenvalue weighted by Crippen LogP contribution is -2.35. The zero-order chi connectivity index (χ0) is 27.8. The fourth-order valence-electron chi connectivity index (χ4n) is 4.35. The molecule has 0 saturated heterocycles. The third kappa shape index (κ3) is 5.45. The highest BCUT2D eigenvalue weighted by Crippen LogP contribution is 2.34. The number of hydrogen-bond donors (Lipinski definition) is 3. The summed E-state index contributed by atoms with van der Waals surface area (Å²) < 4.78 is 41.9. The molecule has 0 bridgehead atoms. The van der Waals surface area contributed by atoms with E-state index in [-0.39, 0.29) is 40.4 Å². The van der Waals surface area contributed by atoms with Crippen molar-refractivity contribution >= 4 is 40.1 Å². The number of carboxylic acid groups (broad SMARTS) is 1. The normalized spacial score (nSPS) is 14.7. The first-order valence-electron chi connectivity index (χ1n) is 11.6. The van der Waals surface area contributed by atoms with Crippen LogP contribution in [0, 0.1) is 0 Å². The molecule has 4 rings (SSSR count). The lowest BCUT2D eigenvalue weighted by Gasteiger charge is -2.25. The van der Waals surface area contributed by atoms with E-state index >= 15 is 0 Å². The van der Waals surface area contributed by atoms with Crippen LogP contribution in [-0.2, 0) is 18.0 Å². The first-order valence-corrected chi connectivity index (χ1v) is 11.6. The average molecular weight is 531 g/mol. The molecule has 200 valence electrons. The molecule has 1 aromatic carbocycles. The number of nitrogens with zero attached hydrogens (tertiary/aromatic N) is 4. The Morgan fingerprint density at radius 2 is 1.89 bits per heavy atom. The number of nitrogens with one attached hydrogen (secondary N) is 2. The van der Waals surface area contributed by atoms with Crippen molar-refractivity contribution in [1.29, 1.82) is 0 Å². The van der Waals surface area contributed by atoms with Gasteiger partial charge in [-0.3, -0.25) is 14.2 Å². The van der Waals surface area contributed by atoms with Crippen LogP contribution < -0.4 is 16.2 Å². The number of fused-ring (bicyclic) bond motifs is 1. The van der Waals surface area contributed by atoms with Gasteiger partial charge in [-0.15, -0.1) is 0 Å². The van der Waals surface area contributed by atoms with Crippen LogP contribution in [0.1, 0.15) is 43.0 Å². The number of rotatable bonds is 5. The summed E-state index contributed by atoms with van der Waals surface area (Å²) in [6.45, 7) is 3.20. The van der Waals surface area contributed by atoms with Crippen molar-refractivity contribution in [3.05, 3.63) is 63.7 Å². The van der Waals surface area contributed by atoms with Crippen molar-refractivity contribution in [1.82, 2.24) is 19.4 Å². The number of amides is 2. The molecule has 38 heavy (non-hydrogen) atoms. The lowest BCUT2D eigenvalue weighted by atomic mass is 10.0. The summed E-state index contributed by atoms with van der Waals surface area (Å²) in [5.41, 5.74) is 0.0690. The van der Waals surface area contributed by atoms with Gasteiger partial charge >= 0.3 is 12.3 Å². The molecular formula is C25H25F3N6O4. The molecule has 3 aromatic rings. The smallest absolute Gasteiger partial charge is 0.416 e. The SMILES string of the molecule is CC(=O)Nc1cc([C@@H](C)Nc2ncnc3c2cc(C2=CCCN(C(=O)O)C2)c(=O)n3C)cc(C(F)(F)F)c1. The second-order valence-electron chi connectivity index (χ2n) is 8.99. The van der Waals surface area contributed by atoms with E-state index in [1.54, 1.807) is 13.0 Å². The van der Waals surface area contributed by atoms with Gasteiger partial charge in [0.1, 0.15) is 17.8 Å². The summed E-state index contributed by atoms with van der Waals surface area (Å²) in [4.78, 5) is 45.7. The number of hydrogen-bond acceptors (Lipinski definition) is 6. The minimum Gasteiger partial charge on any atom is -0.465 e. The van der Waals surface area contributed by atoms with Crippen molar-refractivity contribution in [2.75, 3.05) is 23.7 Å². The molecule has 0 fully saturated rings. The fourth-order valence-corrected chi connectivity index (χ4v) is 4.35. The molecule has 1 atom stereocenters. The largest absolute Gasteiger partial charge is 0.465 e. The Morgan fingerprint density at radius 1 is 1.16 bits per heavy atom. The highest BCUT2D eigenvalue weighted by molar-refractivity contribution is 5.90. The number of benzene rings is 1. The molecule has 0 radical (unpaired) electrons. The first-order chi connectivity index (χ1) is 17.8. The van der Waals surface area contributed by atoms with Crippen LogP contribution in [0.5, 0.6) is 0 Å². The van der Waals surface area contributed by atoms with Crippen LogP contribution in [0.2, 0.25) is 0 Å². The molecule has 0 spiro atoms. The number of aryl methyl sites for hydroxylation is 1. The molecule has 3 N–H and O–H groups in total. The maximum atomic E-state index is 13.5. The molecule has 13 heteroatoms. The number of carbonyl (C=O) groups is 2. The maximum Gasteiger partial charge on any atom is 0.416 e. The van der Waals surface area contributed by atoms with Gasteiger partial charge in [0.25, 0.3) is 5.56 Å². The Hall–Kier alpha value is -4.42. The van der Waals surface area contributed by atoms with E-state index in [1.807, 2.05) is 6.08 Å². The van der Waals surface area contributed by atoms with Crippen LogP contribution in [0.4, 0.5) is 29.5 Å². The van der Waals surface area contributed by atoms with Crippen molar-refractivity contribution in [2.24, 2.45) is 7.05 Å². The van der Waals surface area contributed by atoms with E-state index in [1.165, 1.54) is 35.8 Å². The van der Waals surface area contributed by atoms with Gasteiger partial charge in [-0.05, 0) is 48.7 Å². The van der Waals surface area contributed by atoms with Gasteiger partial charge in [0, 0.05) is 38.3 Å². The number of halogens is 3. The molecule has 0 aliphatic carbocycles. The highest BCUT2D eigenvalue weighted by Gasteiger charge is 2.32. The predicted octanol–water partition coefficient (Wildman–Crippen LogP) is 4.25. The number of alkyl halides is 3. The Bertz CT molecular complexity index is 1520. The third-order valence-electron chi connectivity index (χ3n) is 6.23. The van der Waals surface area contributed by atoms with Gasteiger partial charge < -0.3 is 20.6 Å². The standard InChI is InChI=1S/C25H25F3N6O4/c1-13(16-7-17(25(26,27)28)9-18(8-16)32-14(2)35)31-21-20-10-19(15-5-4-6-34(11-15)24(37)38)23(36)33(3)22(20)30-12-29-21/h5,7-10,12-13H,4,6,11H2,1-3H3,(H,32,35)(H,37,38)(H,29,30,31)/t13-/m1/s1. The van der Waals surface area contributed by atoms with Crippen LogP contribution in [0.15, 0.2) is 41.5 Å². The van der Waals surface area contributed by atoms with Crippen LogP contribution in [0.3, 0.4) is 0 Å². The Kier molecular flexibility index (Phi) is 7.11. The summed E-state index contributed by atoms with van der Waals surface area (Å²) in [7, 11) is 1.53. The van der Waals surface area contributed by atoms with Gasteiger partial charge in [0.15, 0.2) is 0 Å². The Labute approximate surface area is 214 Å². The van der Waals surface area contributed by atoms with E-state index in [9.17, 15) is 32.7 Å². The van der Waals surface area contributed by atoms with Crippen molar-refractivity contribution in [3.63, 3.8) is 0 Å². The Morgan fingerprint density at radius 3 is 2.55 bits per heavy atom. The first kappa shape index (κ1) is 26.6. The summed E-state index contributed by atoms with van der Waals surface area (Å²) >= 11 is 0. The van der Waals surface area contributed by atoms with Gasteiger partial charge in [-0.25, -0.2) is 14.8 Å². The average Bonchev–Trinajstić information content (AvgIpc) is 2.85. The monoisotopic (exact) mass is 530 g/mol. The summed E-state index contributed by atoms with van der Waals surface area (Å²) in [6, 6.07) is 4.16. The zero-order valence-corrected chi connectivity index (χ0v) is 20.8. The molecule has 1 aliphatic heterocycles. The number of anilines is 2. The fraction of sp³-hybridized carbons (Fsp3) is 0.320. The number of pyridine rings is 1. The quantitative estimate of drug-likeness (QED) is 0.450. The van der Waals surface area contributed by atoms with Crippen molar-refractivity contribution < 1.29 is 27.9 Å². The predicted molar refractivity (Wildman–Crippen MR) is 135 cm³/mol. The number of aromatic nitrogens is 3. The summed E-state index contributed by atoms with van der Waals surface area (Å²) in [5.74, 6) is -0.242. The van der Waals surface area contributed by atoms with Gasteiger partial charge in [-0.2, -0.15) is 13.2 Å². The van der Waals surface area contributed by atoms with Gasteiger partial charge in [0.05, 0.1) is 17.0 Å². The van der Waals surface area contributed by atoms with Gasteiger partial charge in [0.2, 0.25) is 5.91 Å². The molecule has 2 aromatic heterocycles. The van der Waals surface area contributed by atoms with Gasteiger partial charge in [-0.1, -0.05) is 6.08 Å². The maximum absolute atomic E-state index is 13.5. The second kappa shape index (κ2) is 10.1. The highest BCUT2D eigenvalue weighted by atomic mass is 19.4. The van der Waals surface area contributed by atoms with Crippen LogP contribution >= 0.6 is 0 Å². The van der Waals surface area contributed by atoms with Crippen LogP contribution in [-0.4, -0.2) is 49.6 Å². The summed E-state index contributed by atoms with van der Waals surface area (Å²) in [6.07, 6.45) is -2.23. The van der Waals surface area contributed by atoms with E-state index in [0.29, 0.717) is 23.9 Å². The summed E-state index contributed by atoms with van der Waals surface area (Å²) in [5, 5.41) is 15.3. The van der Waals surface area contributed by atoms with E-state index < -0.39 is 29.8 Å². The van der Waals surface area contributed by atoms with E-state index in [0.717, 1.165) is 12.1 Å². The Balaban J connectivity index is 1.76. The third-order valence-corrected chi connectivity index (χ3v) is 6.23. The molecule has 0 unspecified atom stereocenters. The lowest BCUT2D eigenvalue weighted by molar-refractivity contribution is -0.137. The number of carbonyl (C=O) groups excluding carboxylic acids is 1. The van der Waals surface area contributed by atoms with Crippen molar-refractivity contribution in [3.8, 4) is 0 Å². The van der Waals surface area contributed by atoms with Crippen LogP contribution in [0.25, 0.3) is 16.6 Å². The topological polar surface area (TPSA) is 129 Å². The molecule has 0 saturated carbocycles. The zero-order valence-electron chi connectivity index (χ0n) is 20.8. The van der Waals surface area contributed by atoms with Crippen molar-refractivity contribution in [2.45, 2.75) is 32.5 Å². The molecule has 2 amide bonds. The van der Waals surface area contributed by atoms with E-state index in [2.05, 4.69) is 20.6 Å². The van der Waals surface area contributed by atoms with E-state index in [4.69, 9.17) is 0 Å². The molecule has 1 aliphatic rings. The molecule has 10 nitrogen and oxygen atoms in total. The minimum absolute atomic E-state index is 0.000392. The second-order valence-corrected chi connectivity index (χ2v) is 8.99.